The number of nitrogens with zero attached hydrogens (tertiary/aromatic N) is 4. The number of aromatic amines is 1. The van der Waals surface area contributed by atoms with Crippen molar-refractivity contribution in [2.75, 3.05) is 0 Å². The summed E-state index contributed by atoms with van der Waals surface area (Å²) in [6, 6.07) is 4.26. The summed E-state index contributed by atoms with van der Waals surface area (Å²) in [5, 5.41) is 8.32. The molecule has 3 rings (SSSR count). The van der Waals surface area contributed by atoms with E-state index in [0.29, 0.717) is 10.2 Å². The van der Waals surface area contributed by atoms with Crippen LogP contribution in [0.2, 0.25) is 0 Å². The zero-order valence-corrected chi connectivity index (χ0v) is 11.7. The van der Waals surface area contributed by atoms with Crippen molar-refractivity contribution in [1.29, 1.82) is 0 Å². The minimum absolute atomic E-state index is 0.461. The van der Waals surface area contributed by atoms with Gasteiger partial charge in [0.1, 0.15) is 0 Å². The average molecular weight is 271 g/mol. The molecular formula is C13H13N5S. The van der Waals surface area contributed by atoms with Gasteiger partial charge in [-0.2, -0.15) is 4.68 Å². The highest BCUT2D eigenvalue weighted by molar-refractivity contribution is 7.71. The van der Waals surface area contributed by atoms with Crippen LogP contribution < -0.4 is 0 Å². The van der Waals surface area contributed by atoms with Crippen LogP contribution in [0, 0.1) is 25.4 Å². The van der Waals surface area contributed by atoms with Crippen LogP contribution in [0.25, 0.3) is 16.9 Å². The molecule has 0 saturated carbocycles. The van der Waals surface area contributed by atoms with Gasteiger partial charge in [0.05, 0.1) is 12.0 Å². The van der Waals surface area contributed by atoms with Gasteiger partial charge in [0.15, 0.2) is 15.8 Å². The molecule has 2 aromatic heterocycles. The maximum absolute atomic E-state index is 5.16. The van der Waals surface area contributed by atoms with Crippen LogP contribution in [0.4, 0.5) is 0 Å². The van der Waals surface area contributed by atoms with Gasteiger partial charge in [-0.15, -0.1) is 5.10 Å². The molecule has 2 heterocycles. The first-order chi connectivity index (χ1) is 9.08. The molecule has 0 atom stereocenters. The minimum Gasteiger partial charge on any atom is -0.329 e. The van der Waals surface area contributed by atoms with Crippen molar-refractivity contribution in [2.24, 2.45) is 0 Å². The molecule has 0 unspecified atom stereocenters. The molecule has 0 aliphatic rings. The zero-order chi connectivity index (χ0) is 13.6. The van der Waals surface area contributed by atoms with Crippen molar-refractivity contribution >= 4 is 23.4 Å². The Morgan fingerprint density at radius 2 is 1.84 bits per heavy atom. The maximum Gasteiger partial charge on any atom is 0.167 e. The Bertz CT molecular complexity index is 807. The first-order valence-corrected chi connectivity index (χ1v) is 6.36. The number of hydrogen-bond acceptors (Lipinski definition) is 4. The van der Waals surface area contributed by atoms with Crippen LogP contribution in [-0.2, 0) is 0 Å². The SMILES string of the molecule is Cc1cc(C)c(-n2nnc3c(=S)nc[nH]c32)c(C)c1. The third-order valence-corrected chi connectivity index (χ3v) is 3.40. The summed E-state index contributed by atoms with van der Waals surface area (Å²) in [6.07, 6.45) is 1.57. The van der Waals surface area contributed by atoms with E-state index in [1.165, 1.54) is 5.56 Å². The highest BCUT2D eigenvalue weighted by atomic mass is 32.1. The average Bonchev–Trinajstić information content (AvgIpc) is 2.73. The number of rotatable bonds is 1. The number of fused-ring (bicyclic) bond motifs is 1. The monoisotopic (exact) mass is 271 g/mol. The van der Waals surface area contributed by atoms with Crippen LogP contribution in [-0.4, -0.2) is 25.0 Å². The number of nitrogens with one attached hydrogen (secondary N) is 1. The maximum atomic E-state index is 5.16. The summed E-state index contributed by atoms with van der Waals surface area (Å²) < 4.78 is 2.25. The molecule has 0 saturated heterocycles. The van der Waals surface area contributed by atoms with Gasteiger partial charge in [-0.1, -0.05) is 35.1 Å². The smallest absolute Gasteiger partial charge is 0.167 e. The molecule has 5 nitrogen and oxygen atoms in total. The quantitative estimate of drug-likeness (QED) is 0.691. The van der Waals surface area contributed by atoms with E-state index in [4.69, 9.17) is 12.2 Å². The molecule has 0 spiro atoms. The number of hydrogen-bond donors (Lipinski definition) is 1. The second-order valence-corrected chi connectivity index (χ2v) is 5.04. The second kappa shape index (κ2) is 4.24. The number of aromatic nitrogens is 5. The van der Waals surface area contributed by atoms with Crippen LogP contribution in [0.5, 0.6) is 0 Å². The summed E-state index contributed by atoms with van der Waals surface area (Å²) in [5.41, 5.74) is 5.97. The molecule has 0 amide bonds. The highest BCUT2D eigenvalue weighted by Gasteiger charge is 2.13. The molecule has 1 aromatic carbocycles. The van der Waals surface area contributed by atoms with Gasteiger partial charge in [0, 0.05) is 0 Å². The third-order valence-electron chi connectivity index (χ3n) is 3.10. The molecule has 3 aromatic rings. The Hall–Kier alpha value is -2.08. The fourth-order valence-electron chi connectivity index (χ4n) is 2.43. The predicted octanol–water partition coefficient (Wildman–Crippen LogP) is 2.80. The predicted molar refractivity (Wildman–Crippen MR) is 76.1 cm³/mol. The van der Waals surface area contributed by atoms with E-state index >= 15 is 0 Å². The van der Waals surface area contributed by atoms with Crippen molar-refractivity contribution in [3.63, 3.8) is 0 Å². The lowest BCUT2D eigenvalue weighted by molar-refractivity contribution is 0.806. The van der Waals surface area contributed by atoms with Crippen LogP contribution in [0.1, 0.15) is 16.7 Å². The fourth-order valence-corrected chi connectivity index (χ4v) is 2.62. The number of H-pyrrole nitrogens is 1. The fraction of sp³-hybridized carbons (Fsp3) is 0.231. The molecule has 19 heavy (non-hydrogen) atoms. The third kappa shape index (κ3) is 1.84. The highest BCUT2D eigenvalue weighted by Crippen LogP contribution is 2.22. The minimum atomic E-state index is 0.461. The van der Waals surface area contributed by atoms with E-state index in [0.717, 1.165) is 22.5 Å². The molecular weight excluding hydrogens is 258 g/mol. The van der Waals surface area contributed by atoms with Crippen molar-refractivity contribution in [3.05, 3.63) is 39.8 Å². The molecule has 6 heteroatoms. The van der Waals surface area contributed by atoms with E-state index in [-0.39, 0.29) is 0 Å². The van der Waals surface area contributed by atoms with Gasteiger partial charge in [0.25, 0.3) is 0 Å². The van der Waals surface area contributed by atoms with Crippen LogP contribution in [0.15, 0.2) is 18.5 Å². The molecule has 96 valence electrons. The first-order valence-electron chi connectivity index (χ1n) is 5.95. The molecule has 0 radical (unpaired) electrons. The summed E-state index contributed by atoms with van der Waals surface area (Å²) in [7, 11) is 0. The summed E-state index contributed by atoms with van der Waals surface area (Å²) in [4.78, 5) is 7.08. The van der Waals surface area contributed by atoms with Gasteiger partial charge in [-0.3, -0.25) is 0 Å². The van der Waals surface area contributed by atoms with Crippen LogP contribution >= 0.6 is 12.2 Å². The summed E-state index contributed by atoms with van der Waals surface area (Å²) >= 11 is 5.16. The first kappa shape index (κ1) is 12.0. The van der Waals surface area contributed by atoms with E-state index in [1.54, 1.807) is 11.0 Å². The van der Waals surface area contributed by atoms with Crippen LogP contribution in [0.3, 0.4) is 0 Å². The van der Waals surface area contributed by atoms with E-state index in [9.17, 15) is 0 Å². The van der Waals surface area contributed by atoms with Gasteiger partial charge in [0.2, 0.25) is 0 Å². The molecule has 0 aliphatic heterocycles. The van der Waals surface area contributed by atoms with Crippen molar-refractivity contribution < 1.29 is 0 Å². The largest absolute Gasteiger partial charge is 0.329 e. The Morgan fingerprint density at radius 1 is 1.16 bits per heavy atom. The Morgan fingerprint density at radius 3 is 2.53 bits per heavy atom. The van der Waals surface area contributed by atoms with Gasteiger partial charge >= 0.3 is 0 Å². The lowest BCUT2D eigenvalue weighted by Gasteiger charge is -2.11. The van der Waals surface area contributed by atoms with Gasteiger partial charge in [-0.05, 0) is 31.9 Å². The molecule has 1 N–H and O–H groups in total. The normalized spacial score (nSPS) is 11.1. The molecule has 0 aliphatic carbocycles. The topological polar surface area (TPSA) is 59.4 Å². The van der Waals surface area contributed by atoms with E-state index in [2.05, 4.69) is 53.2 Å². The number of benzene rings is 1. The number of aryl methyl sites for hydroxylation is 3. The van der Waals surface area contributed by atoms with Crippen molar-refractivity contribution in [2.45, 2.75) is 20.8 Å². The van der Waals surface area contributed by atoms with Crippen molar-refractivity contribution in [1.82, 2.24) is 25.0 Å². The lowest BCUT2D eigenvalue weighted by atomic mass is 10.1. The van der Waals surface area contributed by atoms with Crippen molar-refractivity contribution in [3.8, 4) is 5.69 Å². The standard InChI is InChI=1S/C13H13N5S/c1-7-4-8(2)11(9(3)5-7)18-12-10(16-17-18)13(19)15-6-14-12/h4-6H,1-3H3,(H,14,15,19). The zero-order valence-electron chi connectivity index (χ0n) is 10.9. The lowest BCUT2D eigenvalue weighted by Crippen LogP contribution is -2.03. The Labute approximate surface area is 115 Å². The second-order valence-electron chi connectivity index (χ2n) is 4.65. The Kier molecular flexibility index (Phi) is 2.67. The van der Waals surface area contributed by atoms with E-state index < -0.39 is 0 Å². The Balaban J connectivity index is 2.38. The molecule has 0 bridgehead atoms. The summed E-state index contributed by atoms with van der Waals surface area (Å²) in [6.45, 7) is 6.22. The van der Waals surface area contributed by atoms with Gasteiger partial charge < -0.3 is 4.98 Å². The molecule has 0 fully saturated rings. The van der Waals surface area contributed by atoms with Gasteiger partial charge in [-0.25, -0.2) is 4.98 Å². The summed E-state index contributed by atoms with van der Waals surface area (Å²) in [5.74, 6) is 0. The van der Waals surface area contributed by atoms with E-state index in [1.807, 2.05) is 0 Å².